The number of carbonyl (C=O) groups is 3. The van der Waals surface area contributed by atoms with Gasteiger partial charge in [0.1, 0.15) is 13.2 Å². The highest BCUT2D eigenvalue weighted by Crippen LogP contribution is 2.18. The van der Waals surface area contributed by atoms with Crippen molar-refractivity contribution in [2.75, 3.05) is 13.2 Å². The standard InChI is InChI=1S/C63H120O6/c1-4-7-10-13-16-19-22-25-27-29-30-31-32-33-34-35-37-38-41-44-47-50-53-56-62(65)68-59-60(58-67-61(64)55-52-49-46-43-40-24-21-18-15-12-9-6-3)69-63(66)57-54-51-48-45-42-39-36-28-26-23-20-17-14-11-8-5-2/h28,36,60H,4-27,29-35,37-59H2,1-3H3/b36-28-. The Labute approximate surface area is 431 Å². The summed E-state index contributed by atoms with van der Waals surface area (Å²) in [6.45, 7) is 6.69. The van der Waals surface area contributed by atoms with Crippen LogP contribution in [-0.4, -0.2) is 37.2 Å². The third-order valence-electron chi connectivity index (χ3n) is 14.3. The maximum absolute atomic E-state index is 12.9. The summed E-state index contributed by atoms with van der Waals surface area (Å²) in [6.07, 6.45) is 67.9. The van der Waals surface area contributed by atoms with E-state index in [0.29, 0.717) is 19.3 Å². The van der Waals surface area contributed by atoms with Gasteiger partial charge in [0.15, 0.2) is 6.10 Å². The lowest BCUT2D eigenvalue weighted by Gasteiger charge is -2.18. The van der Waals surface area contributed by atoms with Crippen LogP contribution in [0.15, 0.2) is 12.2 Å². The zero-order chi connectivity index (χ0) is 50.0. The second-order valence-electron chi connectivity index (χ2n) is 21.3. The third-order valence-corrected chi connectivity index (χ3v) is 14.3. The molecule has 0 N–H and O–H groups in total. The first-order valence-corrected chi connectivity index (χ1v) is 31.2. The largest absolute Gasteiger partial charge is 0.462 e. The summed E-state index contributed by atoms with van der Waals surface area (Å²) < 4.78 is 16.9. The van der Waals surface area contributed by atoms with Gasteiger partial charge >= 0.3 is 17.9 Å². The lowest BCUT2D eigenvalue weighted by Crippen LogP contribution is -2.30. The molecule has 1 atom stereocenters. The minimum absolute atomic E-state index is 0.0672. The zero-order valence-electron chi connectivity index (χ0n) is 46.9. The third kappa shape index (κ3) is 56.9. The van der Waals surface area contributed by atoms with Crippen LogP contribution in [0.25, 0.3) is 0 Å². The molecule has 0 rings (SSSR count). The Morgan fingerprint density at radius 1 is 0.275 bits per heavy atom. The minimum Gasteiger partial charge on any atom is -0.462 e. The summed E-state index contributed by atoms with van der Waals surface area (Å²) >= 11 is 0. The van der Waals surface area contributed by atoms with Crippen molar-refractivity contribution in [3.05, 3.63) is 12.2 Å². The number of allylic oxidation sites excluding steroid dienone is 2. The number of ether oxygens (including phenoxy) is 3. The van der Waals surface area contributed by atoms with E-state index in [9.17, 15) is 14.4 Å². The van der Waals surface area contributed by atoms with E-state index in [0.717, 1.165) is 64.2 Å². The van der Waals surface area contributed by atoms with E-state index in [-0.39, 0.29) is 31.1 Å². The molecule has 0 amide bonds. The molecule has 0 aromatic rings. The maximum Gasteiger partial charge on any atom is 0.306 e. The van der Waals surface area contributed by atoms with Crippen molar-refractivity contribution in [1.82, 2.24) is 0 Å². The first-order valence-electron chi connectivity index (χ1n) is 31.2. The van der Waals surface area contributed by atoms with E-state index in [1.54, 1.807) is 0 Å². The predicted molar refractivity (Wildman–Crippen MR) is 298 cm³/mol. The van der Waals surface area contributed by atoms with E-state index < -0.39 is 6.10 Å². The summed E-state index contributed by atoms with van der Waals surface area (Å²) in [5.74, 6) is -0.849. The quantitative estimate of drug-likeness (QED) is 0.0261. The Morgan fingerprint density at radius 2 is 0.478 bits per heavy atom. The van der Waals surface area contributed by atoms with Gasteiger partial charge < -0.3 is 14.2 Å². The number of hydrogen-bond donors (Lipinski definition) is 0. The van der Waals surface area contributed by atoms with Crippen LogP contribution < -0.4 is 0 Å². The van der Waals surface area contributed by atoms with Gasteiger partial charge in [0, 0.05) is 19.3 Å². The highest BCUT2D eigenvalue weighted by molar-refractivity contribution is 5.71. The van der Waals surface area contributed by atoms with Crippen molar-refractivity contribution in [3.63, 3.8) is 0 Å². The van der Waals surface area contributed by atoms with Gasteiger partial charge in [0.05, 0.1) is 0 Å². The van der Waals surface area contributed by atoms with Crippen molar-refractivity contribution < 1.29 is 28.6 Å². The van der Waals surface area contributed by atoms with Gasteiger partial charge in [-0.3, -0.25) is 14.4 Å². The molecule has 0 aliphatic carbocycles. The van der Waals surface area contributed by atoms with Crippen molar-refractivity contribution in [3.8, 4) is 0 Å². The fourth-order valence-corrected chi connectivity index (χ4v) is 9.56. The molecule has 6 heteroatoms. The molecule has 0 aromatic carbocycles. The van der Waals surface area contributed by atoms with Crippen LogP contribution in [0.2, 0.25) is 0 Å². The van der Waals surface area contributed by atoms with Crippen LogP contribution in [-0.2, 0) is 28.6 Å². The highest BCUT2D eigenvalue weighted by atomic mass is 16.6. The van der Waals surface area contributed by atoms with Gasteiger partial charge in [-0.1, -0.05) is 303 Å². The number of carbonyl (C=O) groups excluding carboxylic acids is 3. The van der Waals surface area contributed by atoms with Gasteiger partial charge in [-0.25, -0.2) is 0 Å². The number of rotatable bonds is 58. The zero-order valence-corrected chi connectivity index (χ0v) is 46.9. The SMILES string of the molecule is CCCCCCCCC/C=C\CCCCCCCC(=O)OC(COC(=O)CCCCCCCCCCCCCC)COC(=O)CCCCCCCCCCCCCCCCCCCCCCCCC. The molecule has 1 unspecified atom stereocenters. The molecule has 0 saturated carbocycles. The van der Waals surface area contributed by atoms with Gasteiger partial charge in [-0.05, 0) is 44.9 Å². The van der Waals surface area contributed by atoms with Crippen molar-refractivity contribution in [2.24, 2.45) is 0 Å². The van der Waals surface area contributed by atoms with Gasteiger partial charge in [-0.15, -0.1) is 0 Å². The molecule has 0 saturated heterocycles. The van der Waals surface area contributed by atoms with Crippen LogP contribution in [0.1, 0.15) is 355 Å². The average Bonchev–Trinajstić information content (AvgIpc) is 3.35. The predicted octanol–water partition coefficient (Wildman–Crippen LogP) is 20.9. The fourth-order valence-electron chi connectivity index (χ4n) is 9.56. The second-order valence-corrected chi connectivity index (χ2v) is 21.3. The Morgan fingerprint density at radius 3 is 0.725 bits per heavy atom. The first kappa shape index (κ1) is 67.1. The number of unbranched alkanes of at least 4 members (excludes halogenated alkanes) is 45. The summed E-state index contributed by atoms with van der Waals surface area (Å²) in [5.41, 5.74) is 0. The molecule has 0 aliphatic heterocycles. The minimum atomic E-state index is -0.769. The molecular weight excluding hydrogens is 853 g/mol. The maximum atomic E-state index is 12.9. The van der Waals surface area contributed by atoms with Crippen LogP contribution >= 0.6 is 0 Å². The number of esters is 3. The molecule has 0 aromatic heterocycles. The van der Waals surface area contributed by atoms with E-state index in [1.807, 2.05) is 0 Å². The topological polar surface area (TPSA) is 78.9 Å². The van der Waals surface area contributed by atoms with Gasteiger partial charge in [0.2, 0.25) is 0 Å². The monoisotopic (exact) mass is 973 g/mol. The van der Waals surface area contributed by atoms with Crippen molar-refractivity contribution in [1.29, 1.82) is 0 Å². The van der Waals surface area contributed by atoms with Crippen LogP contribution in [0.5, 0.6) is 0 Å². The Balaban J connectivity index is 4.22. The molecule has 0 spiro atoms. The summed E-state index contributed by atoms with van der Waals surface area (Å²) in [4.78, 5) is 38.2. The molecule has 69 heavy (non-hydrogen) atoms. The number of hydrogen-bond acceptors (Lipinski definition) is 6. The molecule has 6 nitrogen and oxygen atoms in total. The highest BCUT2D eigenvalue weighted by Gasteiger charge is 2.19. The van der Waals surface area contributed by atoms with Crippen molar-refractivity contribution in [2.45, 2.75) is 361 Å². The van der Waals surface area contributed by atoms with Crippen molar-refractivity contribution >= 4 is 17.9 Å². The smallest absolute Gasteiger partial charge is 0.306 e. The first-order chi connectivity index (χ1) is 34.0. The van der Waals surface area contributed by atoms with E-state index in [2.05, 4.69) is 32.9 Å². The molecule has 0 radical (unpaired) electrons. The van der Waals surface area contributed by atoms with E-state index in [4.69, 9.17) is 14.2 Å². The van der Waals surface area contributed by atoms with Crippen LogP contribution in [0.4, 0.5) is 0 Å². The lowest BCUT2D eigenvalue weighted by atomic mass is 10.0. The summed E-state index contributed by atoms with van der Waals surface area (Å²) in [6, 6.07) is 0. The average molecular weight is 974 g/mol. The molecule has 408 valence electrons. The lowest BCUT2D eigenvalue weighted by molar-refractivity contribution is -0.167. The van der Waals surface area contributed by atoms with Crippen LogP contribution in [0, 0.1) is 0 Å². The molecular formula is C63H120O6. The van der Waals surface area contributed by atoms with Gasteiger partial charge in [0.25, 0.3) is 0 Å². The Bertz CT molecular complexity index is 1070. The summed E-state index contributed by atoms with van der Waals surface area (Å²) in [5, 5.41) is 0. The Hall–Kier alpha value is -1.85. The van der Waals surface area contributed by atoms with Gasteiger partial charge in [-0.2, -0.15) is 0 Å². The summed E-state index contributed by atoms with van der Waals surface area (Å²) in [7, 11) is 0. The van der Waals surface area contributed by atoms with E-state index in [1.165, 1.54) is 250 Å². The second kappa shape index (κ2) is 58.7. The fraction of sp³-hybridized carbons (Fsp3) is 0.921. The molecule has 0 fully saturated rings. The molecule has 0 bridgehead atoms. The Kier molecular flexibility index (Phi) is 57.1. The molecule has 0 heterocycles. The van der Waals surface area contributed by atoms with Crippen LogP contribution in [0.3, 0.4) is 0 Å². The van der Waals surface area contributed by atoms with E-state index >= 15 is 0 Å². The normalized spacial score (nSPS) is 12.0. The molecule has 0 aliphatic rings.